The fraction of sp³-hybridized carbons (Fsp3) is 0.632. The largest absolute Gasteiger partial charge is 0.348 e. The summed E-state index contributed by atoms with van der Waals surface area (Å²) < 4.78 is 27.6. The van der Waals surface area contributed by atoms with Crippen molar-refractivity contribution in [3.63, 3.8) is 0 Å². The van der Waals surface area contributed by atoms with Crippen LogP contribution in [-0.2, 0) is 10.0 Å². The molecule has 2 aliphatic heterocycles. The van der Waals surface area contributed by atoms with Gasteiger partial charge in [0, 0.05) is 30.2 Å². The van der Waals surface area contributed by atoms with Crippen molar-refractivity contribution in [3.8, 4) is 0 Å². The summed E-state index contributed by atoms with van der Waals surface area (Å²) in [6, 6.07) is 6.70. The Labute approximate surface area is 156 Å². The molecule has 0 saturated carbocycles. The van der Waals surface area contributed by atoms with Crippen molar-refractivity contribution in [2.24, 2.45) is 0 Å². The van der Waals surface area contributed by atoms with E-state index in [9.17, 15) is 13.2 Å². The third-order valence-corrected chi connectivity index (χ3v) is 7.53. The number of amides is 1. The maximum absolute atomic E-state index is 13.0. The summed E-state index contributed by atoms with van der Waals surface area (Å²) in [5.41, 5.74) is 0.397. The monoisotopic (exact) mass is 379 g/mol. The van der Waals surface area contributed by atoms with Gasteiger partial charge >= 0.3 is 0 Å². The third-order valence-electron chi connectivity index (χ3n) is 5.52. The highest BCUT2D eigenvalue weighted by Gasteiger charge is 2.31. The van der Waals surface area contributed by atoms with Crippen LogP contribution in [0.5, 0.6) is 0 Å². The Bertz CT molecular complexity index is 750. The molecule has 0 aromatic heterocycles. The van der Waals surface area contributed by atoms with Crippen molar-refractivity contribution < 1.29 is 13.2 Å². The number of benzene rings is 1. The molecular weight excluding hydrogens is 350 g/mol. The first kappa shape index (κ1) is 19.3. The van der Waals surface area contributed by atoms with Crippen molar-refractivity contribution in [2.45, 2.75) is 69.0 Å². The molecule has 1 aromatic rings. The summed E-state index contributed by atoms with van der Waals surface area (Å²) in [6.07, 6.45) is 4.78. The fourth-order valence-corrected chi connectivity index (χ4v) is 5.60. The van der Waals surface area contributed by atoms with Gasteiger partial charge in [0.2, 0.25) is 10.0 Å². The smallest absolute Gasteiger partial charge is 0.251 e. The number of hydrogen-bond acceptors (Lipinski definition) is 4. The van der Waals surface area contributed by atoms with Crippen molar-refractivity contribution in [1.82, 2.24) is 14.9 Å². The molecule has 144 valence electrons. The first-order chi connectivity index (χ1) is 12.4. The molecule has 2 heterocycles. The highest BCUT2D eigenvalue weighted by atomic mass is 32.2. The Balaban J connectivity index is 1.78. The summed E-state index contributed by atoms with van der Waals surface area (Å²) in [6.45, 7) is 5.52. The van der Waals surface area contributed by atoms with Gasteiger partial charge in [-0.2, -0.15) is 4.31 Å². The van der Waals surface area contributed by atoms with Crippen LogP contribution < -0.4 is 10.6 Å². The number of nitrogens with zero attached hydrogens (tertiary/aromatic N) is 1. The number of carbonyl (C=O) groups excluding carboxylic acids is 1. The van der Waals surface area contributed by atoms with E-state index in [1.807, 2.05) is 6.92 Å². The van der Waals surface area contributed by atoms with Gasteiger partial charge < -0.3 is 10.6 Å². The van der Waals surface area contributed by atoms with Crippen LogP contribution in [0.3, 0.4) is 0 Å². The van der Waals surface area contributed by atoms with E-state index in [0.29, 0.717) is 12.1 Å². The van der Waals surface area contributed by atoms with Gasteiger partial charge in [-0.25, -0.2) is 8.42 Å². The average Bonchev–Trinajstić information content (AvgIpc) is 2.64. The lowest BCUT2D eigenvalue weighted by atomic mass is 9.99. The van der Waals surface area contributed by atoms with Crippen LogP contribution in [0.2, 0.25) is 0 Å². The van der Waals surface area contributed by atoms with Crippen LogP contribution >= 0.6 is 0 Å². The number of sulfonamides is 1. The predicted molar refractivity (Wildman–Crippen MR) is 102 cm³/mol. The number of rotatable bonds is 4. The second kappa shape index (κ2) is 8.06. The Hall–Kier alpha value is -1.44. The maximum atomic E-state index is 13.0. The van der Waals surface area contributed by atoms with Gasteiger partial charge in [0.15, 0.2) is 0 Å². The van der Waals surface area contributed by atoms with Gasteiger partial charge in [0.25, 0.3) is 5.91 Å². The standard InChI is InChI=1S/C19H29N3O3S/c1-14-7-3-4-12-22(14)26(24,25)17-9-5-8-16(13-17)19(23)21-18-10-6-11-20-15(18)2/h5,8-9,13-15,18,20H,3-4,6-7,10-12H2,1-2H3,(H,21,23). The van der Waals surface area contributed by atoms with Crippen molar-refractivity contribution in [3.05, 3.63) is 29.8 Å². The Morgan fingerprint density at radius 3 is 2.73 bits per heavy atom. The number of hydrogen-bond donors (Lipinski definition) is 2. The first-order valence-electron chi connectivity index (χ1n) is 9.56. The first-order valence-corrected chi connectivity index (χ1v) is 11.0. The topological polar surface area (TPSA) is 78.5 Å². The molecule has 1 aromatic carbocycles. The van der Waals surface area contributed by atoms with Crippen LogP contribution in [0.25, 0.3) is 0 Å². The van der Waals surface area contributed by atoms with Gasteiger partial charge in [-0.1, -0.05) is 12.5 Å². The quantitative estimate of drug-likeness (QED) is 0.840. The van der Waals surface area contributed by atoms with E-state index in [0.717, 1.165) is 38.6 Å². The maximum Gasteiger partial charge on any atom is 0.251 e. The lowest BCUT2D eigenvalue weighted by Crippen LogP contribution is -2.51. The number of carbonyl (C=O) groups is 1. The number of nitrogens with one attached hydrogen (secondary N) is 2. The van der Waals surface area contributed by atoms with E-state index in [-0.39, 0.29) is 28.9 Å². The lowest BCUT2D eigenvalue weighted by molar-refractivity contribution is 0.0919. The third kappa shape index (κ3) is 4.10. The normalized spacial score (nSPS) is 27.8. The van der Waals surface area contributed by atoms with Gasteiger partial charge in [-0.15, -0.1) is 0 Å². The molecule has 3 unspecified atom stereocenters. The second-order valence-electron chi connectivity index (χ2n) is 7.45. The van der Waals surface area contributed by atoms with Crippen molar-refractivity contribution in [2.75, 3.05) is 13.1 Å². The van der Waals surface area contributed by atoms with Crippen LogP contribution in [0.15, 0.2) is 29.2 Å². The van der Waals surface area contributed by atoms with Crippen LogP contribution in [-0.4, -0.2) is 49.8 Å². The highest BCUT2D eigenvalue weighted by Crippen LogP contribution is 2.25. The predicted octanol–water partition coefficient (Wildman–Crippen LogP) is 2.12. The van der Waals surface area contributed by atoms with E-state index in [2.05, 4.69) is 17.6 Å². The molecule has 6 nitrogen and oxygen atoms in total. The van der Waals surface area contributed by atoms with E-state index in [4.69, 9.17) is 0 Å². The Kier molecular flexibility index (Phi) is 5.99. The number of piperidine rings is 2. The summed E-state index contributed by atoms with van der Waals surface area (Å²) in [4.78, 5) is 12.8. The minimum Gasteiger partial charge on any atom is -0.348 e. The van der Waals surface area contributed by atoms with E-state index >= 15 is 0 Å². The summed E-state index contributed by atoms with van der Waals surface area (Å²) in [5.74, 6) is -0.214. The summed E-state index contributed by atoms with van der Waals surface area (Å²) in [7, 11) is -3.57. The van der Waals surface area contributed by atoms with Crippen molar-refractivity contribution in [1.29, 1.82) is 0 Å². The van der Waals surface area contributed by atoms with E-state index in [1.54, 1.807) is 22.5 Å². The molecule has 2 saturated heterocycles. The van der Waals surface area contributed by atoms with Crippen LogP contribution in [0.4, 0.5) is 0 Å². The molecule has 2 N–H and O–H groups in total. The molecule has 2 aliphatic rings. The second-order valence-corrected chi connectivity index (χ2v) is 9.34. The molecule has 3 atom stereocenters. The van der Waals surface area contributed by atoms with Crippen LogP contribution in [0.1, 0.15) is 56.3 Å². The van der Waals surface area contributed by atoms with E-state index in [1.165, 1.54) is 6.07 Å². The Morgan fingerprint density at radius 1 is 1.19 bits per heavy atom. The molecule has 3 rings (SSSR count). The minimum absolute atomic E-state index is 0.000366. The van der Waals surface area contributed by atoms with Crippen LogP contribution in [0, 0.1) is 0 Å². The van der Waals surface area contributed by atoms with Gasteiger partial charge in [0.1, 0.15) is 0 Å². The molecule has 0 radical (unpaired) electrons. The highest BCUT2D eigenvalue weighted by molar-refractivity contribution is 7.89. The minimum atomic E-state index is -3.57. The summed E-state index contributed by atoms with van der Waals surface area (Å²) in [5, 5.41) is 6.40. The van der Waals surface area contributed by atoms with Gasteiger partial charge in [0.05, 0.1) is 4.90 Å². The molecule has 7 heteroatoms. The SMILES string of the molecule is CC1NCCCC1NC(=O)c1cccc(S(=O)(=O)N2CCCCC2C)c1. The molecule has 1 amide bonds. The zero-order valence-corrected chi connectivity index (χ0v) is 16.4. The lowest BCUT2D eigenvalue weighted by Gasteiger charge is -2.32. The molecule has 0 aliphatic carbocycles. The zero-order valence-electron chi connectivity index (χ0n) is 15.6. The zero-order chi connectivity index (χ0) is 18.7. The van der Waals surface area contributed by atoms with Gasteiger partial charge in [-0.3, -0.25) is 4.79 Å². The molecule has 0 bridgehead atoms. The molecule has 0 spiro atoms. The Morgan fingerprint density at radius 2 is 2.00 bits per heavy atom. The molecular formula is C19H29N3O3S. The fourth-order valence-electron chi connectivity index (χ4n) is 3.85. The van der Waals surface area contributed by atoms with E-state index < -0.39 is 10.0 Å². The summed E-state index contributed by atoms with van der Waals surface area (Å²) >= 11 is 0. The average molecular weight is 380 g/mol. The van der Waals surface area contributed by atoms with Gasteiger partial charge in [-0.05, 0) is 64.3 Å². The van der Waals surface area contributed by atoms with Crippen molar-refractivity contribution >= 4 is 15.9 Å². The molecule has 26 heavy (non-hydrogen) atoms. The molecule has 2 fully saturated rings.